The van der Waals surface area contributed by atoms with Gasteiger partial charge in [-0.3, -0.25) is 9.55 Å². The maximum Gasteiger partial charge on any atom is 1.00 e. The van der Waals surface area contributed by atoms with Crippen LogP contribution in [0.25, 0.3) is 10.8 Å². The number of aromatic nitrogens is 3. The summed E-state index contributed by atoms with van der Waals surface area (Å²) >= 11 is 6.08. The first-order chi connectivity index (χ1) is 25.0. The van der Waals surface area contributed by atoms with Crippen molar-refractivity contribution in [3.8, 4) is 0 Å². The molecule has 0 saturated heterocycles. The molecule has 0 radical (unpaired) electrons. The third kappa shape index (κ3) is 13.0. The summed E-state index contributed by atoms with van der Waals surface area (Å²) in [5, 5.41) is 24.7. The van der Waals surface area contributed by atoms with Crippen LogP contribution in [0.4, 0.5) is 40.3 Å². The van der Waals surface area contributed by atoms with E-state index in [1.807, 2.05) is 0 Å². The van der Waals surface area contributed by atoms with Crippen LogP contribution < -0.4 is 104 Å². The molecule has 0 aliphatic heterocycles. The van der Waals surface area contributed by atoms with Crippen LogP contribution in [0.15, 0.2) is 114 Å². The van der Waals surface area contributed by atoms with Crippen LogP contribution in [0.3, 0.4) is 0 Å². The van der Waals surface area contributed by atoms with Crippen molar-refractivity contribution in [2.75, 3.05) is 10.6 Å². The molecule has 20 nitrogen and oxygen atoms in total. The predicted octanol–water partition coefficient (Wildman–Crippen LogP) is -5.02. The molecule has 57 heavy (non-hydrogen) atoms. The van der Waals surface area contributed by atoms with Gasteiger partial charge in [0.05, 0.1) is 20.4 Å². The van der Waals surface area contributed by atoms with E-state index >= 15 is 0 Å². The fourth-order valence-corrected chi connectivity index (χ4v) is 7.45. The Morgan fingerprint density at radius 1 is 0.737 bits per heavy atom. The average molecular weight is 905 g/mol. The van der Waals surface area contributed by atoms with Gasteiger partial charge in [0.15, 0.2) is 9.84 Å². The Morgan fingerprint density at radius 3 is 1.88 bits per heavy atom. The maximum atomic E-state index is 12.3. The molecule has 1 aromatic heterocycles. The van der Waals surface area contributed by atoms with Crippen molar-refractivity contribution in [1.29, 1.82) is 0 Å². The minimum absolute atomic E-state index is 0. The number of rotatable bonds is 12. The van der Waals surface area contributed by atoms with Crippen molar-refractivity contribution in [1.82, 2.24) is 15.0 Å². The maximum absolute atomic E-state index is 12.3. The van der Waals surface area contributed by atoms with Gasteiger partial charge < -0.3 is 24.8 Å². The Hall–Kier alpha value is -2.47. The smallest absolute Gasteiger partial charge is 0.862 e. The van der Waals surface area contributed by atoms with Crippen molar-refractivity contribution in [2.24, 2.45) is 15.2 Å². The van der Waals surface area contributed by atoms with Crippen LogP contribution in [0.2, 0.25) is 5.28 Å². The number of nitrogens with zero attached hydrogens (tertiary/aromatic N) is 6. The number of aliphatic imine (C=N–C) groups is 1. The summed E-state index contributed by atoms with van der Waals surface area (Å²) in [7, 11) is -19.8. The molecule has 0 unspecified atom stereocenters. The van der Waals surface area contributed by atoms with Crippen LogP contribution >= 0.6 is 11.6 Å². The Morgan fingerprint density at radius 2 is 1.33 bits per heavy atom. The molecule has 28 heteroatoms. The van der Waals surface area contributed by atoms with Crippen molar-refractivity contribution < 1.29 is 141 Å². The van der Waals surface area contributed by atoms with E-state index in [-0.39, 0.29) is 133 Å². The van der Waals surface area contributed by atoms with E-state index in [0.717, 1.165) is 12.3 Å². The van der Waals surface area contributed by atoms with Crippen molar-refractivity contribution >= 4 is 109 Å². The molecule has 0 aliphatic carbocycles. The van der Waals surface area contributed by atoms with Crippen molar-refractivity contribution in [3.05, 3.63) is 84.0 Å². The topological polar surface area (TPSA) is 326 Å². The summed E-state index contributed by atoms with van der Waals surface area (Å²) in [5.74, 6) is -0.965. The zero-order valence-corrected chi connectivity index (χ0v) is 39.8. The van der Waals surface area contributed by atoms with Crippen LogP contribution in [-0.2, 0) is 40.2 Å². The second-order valence-electron chi connectivity index (χ2n) is 10.6. The molecule has 0 bridgehead atoms. The van der Waals surface area contributed by atoms with Gasteiger partial charge in [-0.15, -0.1) is 10.2 Å². The molecule has 4 aromatic carbocycles. The molecule has 0 amide bonds. The zero-order valence-electron chi connectivity index (χ0n) is 29.8. The van der Waals surface area contributed by atoms with Gasteiger partial charge >= 0.3 is 88.7 Å². The Bertz CT molecular complexity index is 2900. The summed E-state index contributed by atoms with van der Waals surface area (Å²) in [4.78, 5) is 12.5. The number of azo groups is 1. The molecule has 1 heterocycles. The molecule has 0 saturated carbocycles. The summed E-state index contributed by atoms with van der Waals surface area (Å²) in [6.07, 6.45) is 0. The second-order valence-corrected chi connectivity index (χ2v) is 17.0. The molecule has 3 N–H and O–H groups in total. The Kier molecular flexibility index (Phi) is 17.5. The van der Waals surface area contributed by atoms with Crippen LogP contribution in [-0.4, -0.2) is 68.2 Å². The van der Waals surface area contributed by atoms with Gasteiger partial charge in [-0.25, -0.2) is 25.3 Å². The van der Waals surface area contributed by atoms with Gasteiger partial charge in [0, 0.05) is 22.2 Å². The third-order valence-corrected chi connectivity index (χ3v) is 10.9. The summed E-state index contributed by atoms with van der Waals surface area (Å²) in [6.45, 7) is 4.39. The standard InChI is InChI=1S/C29H23ClN8O12S4.3Na/c1-3-51(40,41)19-6-4-5-17(11-19)32-28-34-27(30)35-29(36-28)33-18-7-8-22(23(12-18)31-15(2)39)37-38-24-14-21-16(10-26(24)54(48,49)50)9-20(52(42,43)44)13-25(21)53(45,46)47;;;/h3-14H,1H2,2H3,(H,31,39)(H,42,43,44)(H,45,46,47)(H,48,49,50)(H2,32,33,34,35,36);;;/q;3*+1/p-3. The first-order valence-electron chi connectivity index (χ1n) is 14.3. The predicted molar refractivity (Wildman–Crippen MR) is 188 cm³/mol. The van der Waals surface area contributed by atoms with Crippen LogP contribution in [0.5, 0.6) is 0 Å². The van der Waals surface area contributed by atoms with E-state index in [2.05, 4.69) is 47.4 Å². The molecule has 5 aromatic rings. The first kappa shape index (κ1) is 50.7. The van der Waals surface area contributed by atoms with Gasteiger partial charge in [-0.1, -0.05) is 12.6 Å². The molecule has 0 aliphatic rings. The number of hydrogen-bond donors (Lipinski definition) is 3. The number of halogens is 1. The number of anilines is 4. The van der Waals surface area contributed by atoms with Gasteiger partial charge in [-0.05, 0) is 90.5 Å². The quantitative estimate of drug-likeness (QED) is 0.0347. The molecule has 0 atom stereocenters. The monoisotopic (exact) mass is 904 g/mol. The Labute approximate surface area is 396 Å². The van der Waals surface area contributed by atoms with Gasteiger partial charge in [0.25, 0.3) is 10.1 Å². The van der Waals surface area contributed by atoms with E-state index in [0.29, 0.717) is 24.3 Å². The molecule has 5 rings (SSSR count). The fourth-order valence-electron chi connectivity index (χ4n) is 4.57. The number of fused-ring (bicyclic) bond motifs is 1. The molecule has 0 fully saturated rings. The summed E-state index contributed by atoms with van der Waals surface area (Å²) < 4.78 is 130. The SMILES string of the molecule is C=CS(=O)(=O)c1cccc(Nc2nc(Cl)nc(Nc3ccc(N=Nc4cc5c(S(=O)(=O)[O-])cc(S(=O)(=O)[O-])cc5cc4S(=O)(=O)O)c(N=C(C)[O-])c3)n2)c1.[Na+].[Na+].[Na+]. The van der Waals surface area contributed by atoms with E-state index in [9.17, 15) is 52.4 Å². The summed E-state index contributed by atoms with van der Waals surface area (Å²) in [5.41, 5.74) is -0.640. The van der Waals surface area contributed by atoms with E-state index in [1.165, 1.54) is 42.5 Å². The van der Waals surface area contributed by atoms with E-state index in [1.54, 1.807) is 0 Å². The summed E-state index contributed by atoms with van der Waals surface area (Å²) in [6, 6.07) is 11.7. The fraction of sp³-hybridized carbons (Fsp3) is 0.0345. The van der Waals surface area contributed by atoms with Crippen molar-refractivity contribution in [2.45, 2.75) is 26.5 Å². The number of nitrogens with one attached hydrogen (secondary N) is 2. The first-order valence-corrected chi connectivity index (χ1v) is 20.4. The minimum atomic E-state index is -5.47. The number of benzene rings is 4. The van der Waals surface area contributed by atoms with Crippen LogP contribution in [0, 0.1) is 0 Å². The zero-order chi connectivity index (χ0) is 39.8. The molecule has 282 valence electrons. The number of hydrogen-bond acceptors (Lipinski definition) is 19. The molecule has 0 spiro atoms. The average Bonchev–Trinajstić information content (AvgIpc) is 3.05. The third-order valence-electron chi connectivity index (χ3n) is 6.82. The van der Waals surface area contributed by atoms with Gasteiger partial charge in [-0.2, -0.15) is 23.4 Å². The molecular weight excluding hydrogens is 885 g/mol. The van der Waals surface area contributed by atoms with Gasteiger partial charge in [0.1, 0.15) is 36.5 Å². The van der Waals surface area contributed by atoms with Crippen LogP contribution in [0.1, 0.15) is 6.92 Å². The van der Waals surface area contributed by atoms with Crippen molar-refractivity contribution in [3.63, 3.8) is 0 Å². The Balaban J connectivity index is 0.00000374. The number of sulfone groups is 1. The van der Waals surface area contributed by atoms with E-state index in [4.69, 9.17) is 11.6 Å². The molecular formula is C29H20ClN8Na3O12S4. The van der Waals surface area contributed by atoms with Gasteiger partial charge in [0.2, 0.25) is 17.2 Å². The normalized spacial score (nSPS) is 12.3. The minimum Gasteiger partial charge on any atom is -0.862 e. The largest absolute Gasteiger partial charge is 1.00 e. The second kappa shape index (κ2) is 19.7. The van der Waals surface area contributed by atoms with E-state index < -0.39 is 77.2 Å².